The molecule has 2 aliphatic rings. The topological polar surface area (TPSA) is 67.4 Å². The van der Waals surface area contributed by atoms with E-state index in [0.29, 0.717) is 11.7 Å². The third-order valence-electron chi connectivity index (χ3n) is 5.85. The van der Waals surface area contributed by atoms with Gasteiger partial charge in [-0.3, -0.25) is 0 Å². The highest BCUT2D eigenvalue weighted by Gasteiger charge is 2.44. The van der Waals surface area contributed by atoms with Crippen LogP contribution in [0.25, 0.3) is 0 Å². The number of rotatable bonds is 2. The van der Waals surface area contributed by atoms with Gasteiger partial charge in [-0.15, -0.1) is 24.8 Å². The molecule has 0 aromatic heterocycles. The van der Waals surface area contributed by atoms with Crippen LogP contribution in [-0.4, -0.2) is 65.8 Å². The average molecular weight is 409 g/mol. The fourth-order valence-corrected chi connectivity index (χ4v) is 3.96. The molecule has 0 amide bonds. The summed E-state index contributed by atoms with van der Waals surface area (Å²) in [7, 11) is 2.18. The van der Waals surface area contributed by atoms with Crippen LogP contribution in [0.15, 0.2) is 0 Å². The fourth-order valence-electron chi connectivity index (χ4n) is 3.96. The summed E-state index contributed by atoms with van der Waals surface area (Å²) in [5, 5.41) is 10.5. The summed E-state index contributed by atoms with van der Waals surface area (Å²) < 4.78 is 6.37. The minimum absolute atomic E-state index is 0. The molecule has 1 aromatic carbocycles. The Balaban J connectivity index is 0.00000208. The minimum Gasteiger partial charge on any atom is -0.507 e. The molecule has 152 valence electrons. The first-order valence-corrected chi connectivity index (χ1v) is 8.65. The molecule has 2 aliphatic heterocycles. The van der Waals surface area contributed by atoms with E-state index in [2.05, 4.69) is 37.6 Å². The van der Waals surface area contributed by atoms with Crippen molar-refractivity contribution in [2.24, 2.45) is 0 Å². The van der Waals surface area contributed by atoms with Gasteiger partial charge < -0.3 is 25.1 Å². The number of benzene rings is 1. The quantitative estimate of drug-likeness (QED) is 0.816. The van der Waals surface area contributed by atoms with Crippen molar-refractivity contribution in [3.63, 3.8) is 0 Å². The van der Waals surface area contributed by atoms with E-state index in [0.717, 1.165) is 55.2 Å². The predicted molar refractivity (Wildman–Crippen MR) is 112 cm³/mol. The average Bonchev–Trinajstić information content (AvgIpc) is 2.77. The highest BCUT2D eigenvalue weighted by Crippen LogP contribution is 2.51. The van der Waals surface area contributed by atoms with Crippen molar-refractivity contribution in [2.75, 3.05) is 39.8 Å². The Kier molecular flexibility index (Phi) is 8.73. The van der Waals surface area contributed by atoms with Crippen LogP contribution in [0.3, 0.4) is 0 Å². The lowest BCUT2D eigenvalue weighted by atomic mass is 9.82. The maximum absolute atomic E-state index is 10.5. The van der Waals surface area contributed by atoms with Crippen LogP contribution >= 0.6 is 24.8 Å². The van der Waals surface area contributed by atoms with Crippen LogP contribution in [0.2, 0.25) is 0 Å². The summed E-state index contributed by atoms with van der Waals surface area (Å²) in [5.41, 5.74) is 4.00. The zero-order chi connectivity index (χ0) is 16.9. The fraction of sp³-hybridized carbons (Fsp3) is 0.684. The lowest BCUT2D eigenvalue weighted by Gasteiger charge is -2.36. The number of fused-ring (bicyclic) bond motifs is 1. The van der Waals surface area contributed by atoms with Crippen molar-refractivity contribution < 1.29 is 15.3 Å². The highest BCUT2D eigenvalue weighted by molar-refractivity contribution is 5.85. The van der Waals surface area contributed by atoms with E-state index in [4.69, 9.17) is 4.74 Å². The van der Waals surface area contributed by atoms with E-state index in [-0.39, 0.29) is 35.9 Å². The standard InChI is InChI=1S/C19H30N2O2.2ClH.H2O/c1-12-13(2)18-16(14(3)17(12)22)15(19(4,5)23-18)11-21-9-7-20(6)8-10-21;;;/h15,22H,7-11H2,1-6H3;2*1H;1H2/t15-;;;/m0.../s1. The number of aromatic hydroxyl groups is 1. The maximum Gasteiger partial charge on any atom is 0.127 e. The van der Waals surface area contributed by atoms with Gasteiger partial charge in [-0.05, 0) is 58.4 Å². The van der Waals surface area contributed by atoms with Crippen LogP contribution in [0.5, 0.6) is 11.5 Å². The SMILES string of the molecule is Cc1c(C)c2c(c(C)c1O)[C@H](CN1CCN(C)CC1)C(C)(C)O2.Cl.Cl.O. The number of phenols is 1. The van der Waals surface area contributed by atoms with Crippen LogP contribution < -0.4 is 4.74 Å². The van der Waals surface area contributed by atoms with Gasteiger partial charge in [-0.25, -0.2) is 0 Å². The summed E-state index contributed by atoms with van der Waals surface area (Å²) in [4.78, 5) is 4.92. The Morgan fingerprint density at radius 3 is 2.08 bits per heavy atom. The van der Waals surface area contributed by atoms with Gasteiger partial charge >= 0.3 is 0 Å². The highest BCUT2D eigenvalue weighted by atomic mass is 35.5. The molecule has 1 saturated heterocycles. The van der Waals surface area contributed by atoms with Gasteiger partial charge in [0.2, 0.25) is 0 Å². The summed E-state index contributed by atoms with van der Waals surface area (Å²) in [5.74, 6) is 1.74. The maximum atomic E-state index is 10.5. The summed E-state index contributed by atoms with van der Waals surface area (Å²) >= 11 is 0. The van der Waals surface area contributed by atoms with E-state index >= 15 is 0 Å². The smallest absolute Gasteiger partial charge is 0.127 e. The van der Waals surface area contributed by atoms with Gasteiger partial charge in [-0.1, -0.05) is 0 Å². The van der Waals surface area contributed by atoms with Crippen molar-refractivity contribution in [3.05, 3.63) is 22.3 Å². The first kappa shape index (κ1) is 25.3. The van der Waals surface area contributed by atoms with E-state index in [1.54, 1.807) is 0 Å². The first-order valence-electron chi connectivity index (χ1n) is 8.65. The van der Waals surface area contributed by atoms with E-state index in [1.165, 1.54) is 5.56 Å². The van der Waals surface area contributed by atoms with Crippen molar-refractivity contribution in [2.45, 2.75) is 46.1 Å². The molecule has 26 heavy (non-hydrogen) atoms. The number of hydrogen-bond acceptors (Lipinski definition) is 4. The second kappa shape index (κ2) is 8.98. The van der Waals surface area contributed by atoms with Crippen LogP contribution in [0.1, 0.15) is 42.0 Å². The van der Waals surface area contributed by atoms with Gasteiger partial charge in [-0.2, -0.15) is 0 Å². The zero-order valence-corrected chi connectivity index (χ0v) is 18.3. The monoisotopic (exact) mass is 408 g/mol. The molecule has 0 saturated carbocycles. The van der Waals surface area contributed by atoms with Gasteiger partial charge in [0.25, 0.3) is 0 Å². The Labute approximate surface area is 169 Å². The number of halogens is 2. The molecule has 1 fully saturated rings. The van der Waals surface area contributed by atoms with Crippen LogP contribution in [0.4, 0.5) is 0 Å². The van der Waals surface area contributed by atoms with Gasteiger partial charge in [0, 0.05) is 44.2 Å². The number of nitrogens with zero attached hydrogens (tertiary/aromatic N) is 2. The van der Waals surface area contributed by atoms with Crippen LogP contribution in [-0.2, 0) is 0 Å². The second-order valence-electron chi connectivity index (χ2n) is 7.83. The first-order chi connectivity index (χ1) is 10.7. The second-order valence-corrected chi connectivity index (χ2v) is 7.83. The molecule has 0 spiro atoms. The van der Waals surface area contributed by atoms with E-state index in [1.807, 2.05) is 13.8 Å². The number of ether oxygens (including phenoxy) is 1. The van der Waals surface area contributed by atoms with Crippen molar-refractivity contribution in [1.29, 1.82) is 0 Å². The number of phenolic OH excluding ortho intramolecular Hbond substituents is 1. The summed E-state index contributed by atoms with van der Waals surface area (Å²) in [6, 6.07) is 0. The minimum atomic E-state index is -0.235. The van der Waals surface area contributed by atoms with E-state index in [9.17, 15) is 5.11 Å². The summed E-state index contributed by atoms with van der Waals surface area (Å²) in [6.45, 7) is 15.9. The third kappa shape index (κ3) is 4.23. The number of hydrogen-bond donors (Lipinski definition) is 1. The molecule has 0 radical (unpaired) electrons. The molecule has 5 nitrogen and oxygen atoms in total. The van der Waals surface area contributed by atoms with Gasteiger partial charge in [0.05, 0.1) is 0 Å². The molecular weight excluding hydrogens is 375 g/mol. The number of piperazine rings is 1. The molecule has 1 atom stereocenters. The lowest BCUT2D eigenvalue weighted by molar-refractivity contribution is 0.0745. The molecule has 2 heterocycles. The Hall–Kier alpha value is -0.720. The molecule has 0 unspecified atom stereocenters. The molecule has 1 aromatic rings. The van der Waals surface area contributed by atoms with E-state index < -0.39 is 0 Å². The molecule has 0 aliphatic carbocycles. The lowest BCUT2D eigenvalue weighted by Crippen LogP contribution is -2.48. The van der Waals surface area contributed by atoms with Crippen molar-refractivity contribution in [1.82, 2.24) is 9.80 Å². The largest absolute Gasteiger partial charge is 0.507 e. The zero-order valence-electron chi connectivity index (χ0n) is 16.7. The molecule has 3 N–H and O–H groups in total. The Morgan fingerprint density at radius 2 is 1.54 bits per heavy atom. The molecular formula is C19H34Cl2N2O3. The third-order valence-corrected chi connectivity index (χ3v) is 5.85. The normalized spacial score (nSPS) is 21.7. The molecule has 7 heteroatoms. The number of likely N-dealkylation sites (N-methyl/N-ethyl adjacent to an activating group) is 1. The Morgan fingerprint density at radius 1 is 1.00 bits per heavy atom. The summed E-state index contributed by atoms with van der Waals surface area (Å²) in [6.07, 6.45) is 0. The Bertz CT molecular complexity index is 630. The van der Waals surface area contributed by atoms with Crippen molar-refractivity contribution >= 4 is 24.8 Å². The van der Waals surface area contributed by atoms with Crippen LogP contribution in [0, 0.1) is 20.8 Å². The van der Waals surface area contributed by atoms with Crippen molar-refractivity contribution in [3.8, 4) is 11.5 Å². The molecule has 0 bridgehead atoms. The molecule has 3 rings (SSSR count). The predicted octanol–water partition coefficient (Wildman–Crippen LogP) is 2.84. The van der Waals surface area contributed by atoms with Gasteiger partial charge in [0.1, 0.15) is 17.1 Å². The van der Waals surface area contributed by atoms with Gasteiger partial charge in [0.15, 0.2) is 0 Å².